The molecule has 1 heterocycles. The van der Waals surface area contributed by atoms with E-state index in [1.807, 2.05) is 0 Å². The minimum Gasteiger partial charge on any atom is -0.372 e. The first kappa shape index (κ1) is 12.4. The molecule has 2 rings (SSSR count). The first-order chi connectivity index (χ1) is 8.19. The molecular formula is C14H22N2O. The van der Waals surface area contributed by atoms with Gasteiger partial charge in [0.25, 0.3) is 0 Å². The van der Waals surface area contributed by atoms with Crippen LogP contribution in [0.5, 0.6) is 0 Å². The Bertz CT molecular complexity index is 340. The fourth-order valence-corrected chi connectivity index (χ4v) is 2.43. The molecular weight excluding hydrogens is 212 g/mol. The summed E-state index contributed by atoms with van der Waals surface area (Å²) in [5, 5.41) is 0. The summed E-state index contributed by atoms with van der Waals surface area (Å²) in [5.74, 6) is 0. The monoisotopic (exact) mass is 234 g/mol. The van der Waals surface area contributed by atoms with Gasteiger partial charge in [0.1, 0.15) is 0 Å². The molecule has 3 nitrogen and oxygen atoms in total. The predicted octanol–water partition coefficient (Wildman–Crippen LogP) is 1.80. The second-order valence-electron chi connectivity index (χ2n) is 4.87. The average Bonchev–Trinajstić information content (AvgIpc) is 2.29. The maximum atomic E-state index is 5.74. The molecule has 0 saturated carbocycles. The maximum Gasteiger partial charge on any atom is 0.0726 e. The van der Waals surface area contributed by atoms with Crippen LogP contribution < -0.4 is 10.6 Å². The SMILES string of the molecule is CC1CN(c2ccc(CCN)cc2)CC(C)O1. The summed E-state index contributed by atoms with van der Waals surface area (Å²) < 4.78 is 5.74. The van der Waals surface area contributed by atoms with E-state index in [-0.39, 0.29) is 0 Å². The van der Waals surface area contributed by atoms with E-state index in [4.69, 9.17) is 10.5 Å². The number of nitrogens with two attached hydrogens (primary N) is 1. The number of anilines is 1. The minimum atomic E-state index is 0.308. The lowest BCUT2D eigenvalue weighted by Crippen LogP contribution is -2.45. The maximum absolute atomic E-state index is 5.74. The van der Waals surface area contributed by atoms with Crippen molar-refractivity contribution in [3.63, 3.8) is 0 Å². The molecule has 1 saturated heterocycles. The van der Waals surface area contributed by atoms with Crippen molar-refractivity contribution in [1.82, 2.24) is 0 Å². The van der Waals surface area contributed by atoms with E-state index < -0.39 is 0 Å². The number of hydrogen-bond acceptors (Lipinski definition) is 3. The molecule has 17 heavy (non-hydrogen) atoms. The number of nitrogens with zero attached hydrogens (tertiary/aromatic N) is 1. The van der Waals surface area contributed by atoms with Gasteiger partial charge in [-0.25, -0.2) is 0 Å². The first-order valence-electron chi connectivity index (χ1n) is 6.38. The van der Waals surface area contributed by atoms with Crippen LogP contribution in [0.3, 0.4) is 0 Å². The highest BCUT2D eigenvalue weighted by Gasteiger charge is 2.22. The van der Waals surface area contributed by atoms with Crippen molar-refractivity contribution >= 4 is 5.69 Å². The lowest BCUT2D eigenvalue weighted by atomic mass is 10.1. The highest BCUT2D eigenvalue weighted by atomic mass is 16.5. The second kappa shape index (κ2) is 5.52. The summed E-state index contributed by atoms with van der Waals surface area (Å²) in [6.07, 6.45) is 1.57. The fourth-order valence-electron chi connectivity index (χ4n) is 2.43. The standard InChI is InChI=1S/C14H22N2O/c1-11-9-16(10-12(2)17-11)14-5-3-13(4-6-14)7-8-15/h3-6,11-12H,7-10,15H2,1-2H3. The van der Waals surface area contributed by atoms with Crippen molar-refractivity contribution in [2.45, 2.75) is 32.5 Å². The van der Waals surface area contributed by atoms with Gasteiger partial charge < -0.3 is 15.4 Å². The molecule has 0 bridgehead atoms. The lowest BCUT2D eigenvalue weighted by Gasteiger charge is -2.36. The molecule has 0 amide bonds. The fraction of sp³-hybridized carbons (Fsp3) is 0.571. The molecule has 2 N–H and O–H groups in total. The van der Waals surface area contributed by atoms with Crippen LogP contribution >= 0.6 is 0 Å². The molecule has 2 atom stereocenters. The molecule has 1 aromatic carbocycles. The Kier molecular flexibility index (Phi) is 4.02. The van der Waals surface area contributed by atoms with Crippen LogP contribution in [0.15, 0.2) is 24.3 Å². The van der Waals surface area contributed by atoms with E-state index in [9.17, 15) is 0 Å². The largest absolute Gasteiger partial charge is 0.372 e. The van der Waals surface area contributed by atoms with Crippen LogP contribution in [0.2, 0.25) is 0 Å². The smallest absolute Gasteiger partial charge is 0.0726 e. The van der Waals surface area contributed by atoms with E-state index in [0.29, 0.717) is 18.8 Å². The van der Waals surface area contributed by atoms with E-state index in [2.05, 4.69) is 43.0 Å². The molecule has 3 heteroatoms. The first-order valence-corrected chi connectivity index (χ1v) is 6.38. The molecule has 2 unspecified atom stereocenters. The van der Waals surface area contributed by atoms with Gasteiger partial charge >= 0.3 is 0 Å². The van der Waals surface area contributed by atoms with E-state index in [1.54, 1.807) is 0 Å². The van der Waals surface area contributed by atoms with Crippen molar-refractivity contribution in [3.8, 4) is 0 Å². The number of morpholine rings is 1. The van der Waals surface area contributed by atoms with Crippen LogP contribution in [-0.4, -0.2) is 31.8 Å². The summed E-state index contributed by atoms with van der Waals surface area (Å²) in [6, 6.07) is 8.73. The zero-order chi connectivity index (χ0) is 12.3. The van der Waals surface area contributed by atoms with Gasteiger partial charge in [-0.3, -0.25) is 0 Å². The zero-order valence-corrected chi connectivity index (χ0v) is 10.7. The summed E-state index contributed by atoms with van der Waals surface area (Å²) in [4.78, 5) is 2.39. The Balaban J connectivity index is 2.06. The molecule has 1 aliphatic rings. The van der Waals surface area contributed by atoms with Gasteiger partial charge in [-0.2, -0.15) is 0 Å². The molecule has 1 aromatic rings. The molecule has 1 fully saturated rings. The molecule has 0 spiro atoms. The van der Waals surface area contributed by atoms with Crippen molar-refractivity contribution < 1.29 is 4.74 Å². The van der Waals surface area contributed by atoms with Crippen LogP contribution in [0.25, 0.3) is 0 Å². The minimum absolute atomic E-state index is 0.308. The quantitative estimate of drug-likeness (QED) is 0.866. The summed E-state index contributed by atoms with van der Waals surface area (Å²) in [7, 11) is 0. The number of ether oxygens (including phenoxy) is 1. The van der Waals surface area contributed by atoms with Gasteiger partial charge in [-0.05, 0) is 44.5 Å². The second-order valence-corrected chi connectivity index (χ2v) is 4.87. The zero-order valence-electron chi connectivity index (χ0n) is 10.7. The normalized spacial score (nSPS) is 25.0. The van der Waals surface area contributed by atoms with Crippen LogP contribution in [-0.2, 0) is 11.2 Å². The third-order valence-corrected chi connectivity index (χ3v) is 3.15. The number of benzene rings is 1. The van der Waals surface area contributed by atoms with Crippen LogP contribution in [0.1, 0.15) is 19.4 Å². The Morgan fingerprint density at radius 1 is 1.18 bits per heavy atom. The van der Waals surface area contributed by atoms with Crippen molar-refractivity contribution in [1.29, 1.82) is 0 Å². The highest BCUT2D eigenvalue weighted by Crippen LogP contribution is 2.20. The lowest BCUT2D eigenvalue weighted by molar-refractivity contribution is -0.00521. The Morgan fingerprint density at radius 3 is 2.29 bits per heavy atom. The third-order valence-electron chi connectivity index (χ3n) is 3.15. The average molecular weight is 234 g/mol. The van der Waals surface area contributed by atoms with E-state index in [0.717, 1.165) is 19.5 Å². The molecule has 0 aromatic heterocycles. The van der Waals surface area contributed by atoms with Gasteiger partial charge in [0.05, 0.1) is 12.2 Å². The van der Waals surface area contributed by atoms with Gasteiger partial charge in [0.15, 0.2) is 0 Å². The molecule has 1 aliphatic heterocycles. The Labute approximate surface area is 104 Å². The highest BCUT2D eigenvalue weighted by molar-refractivity contribution is 5.48. The van der Waals surface area contributed by atoms with E-state index in [1.165, 1.54) is 11.3 Å². The van der Waals surface area contributed by atoms with Gasteiger partial charge in [0.2, 0.25) is 0 Å². The third kappa shape index (κ3) is 3.20. The molecule has 94 valence electrons. The number of hydrogen-bond donors (Lipinski definition) is 1. The van der Waals surface area contributed by atoms with Crippen LogP contribution in [0.4, 0.5) is 5.69 Å². The predicted molar refractivity (Wildman–Crippen MR) is 71.4 cm³/mol. The van der Waals surface area contributed by atoms with Gasteiger partial charge in [0, 0.05) is 18.8 Å². The van der Waals surface area contributed by atoms with Crippen LogP contribution in [0, 0.1) is 0 Å². The van der Waals surface area contributed by atoms with Crippen molar-refractivity contribution in [2.24, 2.45) is 5.73 Å². The number of rotatable bonds is 3. The Morgan fingerprint density at radius 2 is 1.76 bits per heavy atom. The van der Waals surface area contributed by atoms with Crippen molar-refractivity contribution in [3.05, 3.63) is 29.8 Å². The summed E-state index contributed by atoms with van der Waals surface area (Å²) in [5.41, 5.74) is 8.15. The summed E-state index contributed by atoms with van der Waals surface area (Å²) >= 11 is 0. The van der Waals surface area contributed by atoms with Crippen molar-refractivity contribution in [2.75, 3.05) is 24.5 Å². The van der Waals surface area contributed by atoms with Gasteiger partial charge in [-0.1, -0.05) is 12.1 Å². The Hall–Kier alpha value is -1.06. The topological polar surface area (TPSA) is 38.5 Å². The molecule has 0 aliphatic carbocycles. The summed E-state index contributed by atoms with van der Waals surface area (Å²) in [6.45, 7) is 6.92. The van der Waals surface area contributed by atoms with E-state index >= 15 is 0 Å². The molecule has 0 radical (unpaired) electrons. The van der Waals surface area contributed by atoms with Gasteiger partial charge in [-0.15, -0.1) is 0 Å².